The number of nitrogens with zero attached hydrogens (tertiary/aromatic N) is 5. The molecule has 0 radical (unpaired) electrons. The number of aromatic nitrogens is 5. The zero-order valence-corrected chi connectivity index (χ0v) is 11.9. The summed E-state index contributed by atoms with van der Waals surface area (Å²) in [6, 6.07) is 1.73. The molecule has 0 fully saturated rings. The highest BCUT2D eigenvalue weighted by molar-refractivity contribution is 6.29. The monoisotopic (exact) mass is 280 g/mol. The highest BCUT2D eigenvalue weighted by atomic mass is 35.5. The molecule has 7 heteroatoms. The van der Waals surface area contributed by atoms with Crippen molar-refractivity contribution in [3.63, 3.8) is 0 Å². The molecule has 0 aliphatic carbocycles. The lowest BCUT2D eigenvalue weighted by atomic mass is 10.3. The number of nitrogens with one attached hydrogen (secondary N) is 1. The van der Waals surface area contributed by atoms with Gasteiger partial charge in [0.1, 0.15) is 28.9 Å². The van der Waals surface area contributed by atoms with Gasteiger partial charge in [-0.1, -0.05) is 18.5 Å². The molecule has 102 valence electrons. The predicted octanol–water partition coefficient (Wildman–Crippen LogP) is 1.87. The van der Waals surface area contributed by atoms with Gasteiger partial charge in [0.05, 0.1) is 0 Å². The quantitative estimate of drug-likeness (QED) is 0.818. The Labute approximate surface area is 117 Å². The summed E-state index contributed by atoms with van der Waals surface area (Å²) >= 11 is 5.97. The minimum absolute atomic E-state index is 0.472. The molecule has 0 bridgehead atoms. The standard InChI is InChI=1S/C12H17ClN6/c1-3-4-10-16-9(13)7-11(17-10)14-6-5-12-18-15-8-19(12)2/h7-8H,3-6H2,1-2H3,(H,14,16,17). The van der Waals surface area contributed by atoms with E-state index in [1.165, 1.54) is 0 Å². The van der Waals surface area contributed by atoms with Crippen molar-refractivity contribution >= 4 is 17.4 Å². The topological polar surface area (TPSA) is 68.5 Å². The summed E-state index contributed by atoms with van der Waals surface area (Å²) in [5.41, 5.74) is 0. The maximum atomic E-state index is 5.97. The first kappa shape index (κ1) is 13.7. The molecule has 0 saturated heterocycles. The summed E-state index contributed by atoms with van der Waals surface area (Å²) in [5, 5.41) is 11.6. The molecule has 0 amide bonds. The van der Waals surface area contributed by atoms with Crippen molar-refractivity contribution in [3.8, 4) is 0 Å². The van der Waals surface area contributed by atoms with E-state index < -0.39 is 0 Å². The third-order valence-electron chi connectivity index (χ3n) is 2.67. The molecular formula is C12H17ClN6. The Morgan fingerprint density at radius 3 is 2.84 bits per heavy atom. The summed E-state index contributed by atoms with van der Waals surface area (Å²) in [6.45, 7) is 2.82. The third kappa shape index (κ3) is 3.89. The van der Waals surface area contributed by atoms with Crippen molar-refractivity contribution in [2.24, 2.45) is 7.05 Å². The molecule has 0 saturated carbocycles. The van der Waals surface area contributed by atoms with Gasteiger partial charge >= 0.3 is 0 Å². The first-order chi connectivity index (χ1) is 9.19. The van der Waals surface area contributed by atoms with Crippen molar-refractivity contribution in [1.82, 2.24) is 24.7 Å². The summed E-state index contributed by atoms with van der Waals surface area (Å²) < 4.78 is 1.90. The minimum Gasteiger partial charge on any atom is -0.369 e. The second-order valence-electron chi connectivity index (χ2n) is 4.28. The van der Waals surface area contributed by atoms with E-state index in [0.717, 1.165) is 43.3 Å². The average molecular weight is 281 g/mol. The first-order valence-electron chi connectivity index (χ1n) is 6.29. The molecule has 1 N–H and O–H groups in total. The molecule has 0 unspecified atom stereocenters. The largest absolute Gasteiger partial charge is 0.369 e. The molecule has 19 heavy (non-hydrogen) atoms. The lowest BCUT2D eigenvalue weighted by Crippen LogP contribution is -2.10. The summed E-state index contributed by atoms with van der Waals surface area (Å²) in [4.78, 5) is 8.60. The van der Waals surface area contributed by atoms with Crippen LogP contribution in [0.5, 0.6) is 0 Å². The van der Waals surface area contributed by atoms with Gasteiger partial charge in [-0.25, -0.2) is 9.97 Å². The van der Waals surface area contributed by atoms with Gasteiger partial charge < -0.3 is 9.88 Å². The molecule has 2 aromatic heterocycles. The SMILES string of the molecule is CCCc1nc(Cl)cc(NCCc2nncn2C)n1. The van der Waals surface area contributed by atoms with Crippen LogP contribution in [0.25, 0.3) is 0 Å². The highest BCUT2D eigenvalue weighted by Crippen LogP contribution is 2.12. The molecule has 2 heterocycles. The van der Waals surface area contributed by atoms with Gasteiger partial charge in [-0.3, -0.25) is 0 Å². The highest BCUT2D eigenvalue weighted by Gasteiger charge is 2.04. The van der Waals surface area contributed by atoms with Crippen molar-refractivity contribution in [3.05, 3.63) is 29.2 Å². The van der Waals surface area contributed by atoms with E-state index in [-0.39, 0.29) is 0 Å². The Morgan fingerprint density at radius 2 is 2.16 bits per heavy atom. The summed E-state index contributed by atoms with van der Waals surface area (Å²) in [7, 11) is 1.93. The van der Waals surface area contributed by atoms with Crippen LogP contribution < -0.4 is 5.32 Å². The zero-order valence-electron chi connectivity index (χ0n) is 11.1. The Kier molecular flexibility index (Phi) is 4.68. The zero-order chi connectivity index (χ0) is 13.7. The smallest absolute Gasteiger partial charge is 0.134 e. The fraction of sp³-hybridized carbons (Fsp3) is 0.500. The maximum Gasteiger partial charge on any atom is 0.134 e. The molecule has 0 aliphatic rings. The van der Waals surface area contributed by atoms with E-state index in [1.807, 2.05) is 11.6 Å². The molecule has 6 nitrogen and oxygen atoms in total. The first-order valence-corrected chi connectivity index (χ1v) is 6.67. The van der Waals surface area contributed by atoms with Crippen LogP contribution in [-0.4, -0.2) is 31.3 Å². The van der Waals surface area contributed by atoms with E-state index in [1.54, 1.807) is 12.4 Å². The van der Waals surface area contributed by atoms with Gasteiger partial charge in [0.25, 0.3) is 0 Å². The second-order valence-corrected chi connectivity index (χ2v) is 4.66. The summed E-state index contributed by atoms with van der Waals surface area (Å²) in [6.07, 6.45) is 4.30. The van der Waals surface area contributed by atoms with Crippen LogP contribution in [0.1, 0.15) is 25.0 Å². The Balaban J connectivity index is 1.94. The van der Waals surface area contributed by atoms with E-state index in [2.05, 4.69) is 32.4 Å². The molecule has 0 aliphatic heterocycles. The van der Waals surface area contributed by atoms with Crippen LogP contribution in [0.15, 0.2) is 12.4 Å². The summed E-state index contributed by atoms with van der Waals surface area (Å²) in [5.74, 6) is 2.46. The Hall–Kier alpha value is -1.69. The number of hydrogen-bond acceptors (Lipinski definition) is 5. The fourth-order valence-corrected chi connectivity index (χ4v) is 1.93. The maximum absolute atomic E-state index is 5.97. The van der Waals surface area contributed by atoms with Gasteiger partial charge in [0.15, 0.2) is 0 Å². The second kappa shape index (κ2) is 6.47. The lowest BCUT2D eigenvalue weighted by molar-refractivity contribution is 0.784. The fourth-order valence-electron chi connectivity index (χ4n) is 1.73. The van der Waals surface area contributed by atoms with Gasteiger partial charge in [-0.15, -0.1) is 10.2 Å². The van der Waals surface area contributed by atoms with Gasteiger partial charge in [-0.05, 0) is 6.42 Å². The number of hydrogen-bond donors (Lipinski definition) is 1. The van der Waals surface area contributed by atoms with E-state index >= 15 is 0 Å². The predicted molar refractivity (Wildman–Crippen MR) is 74.2 cm³/mol. The van der Waals surface area contributed by atoms with Crippen LogP contribution in [0.2, 0.25) is 5.15 Å². The lowest BCUT2D eigenvalue weighted by Gasteiger charge is -2.07. The van der Waals surface area contributed by atoms with Gasteiger partial charge in [0, 0.05) is 32.5 Å². The van der Waals surface area contributed by atoms with E-state index in [4.69, 9.17) is 11.6 Å². The molecule has 0 aromatic carbocycles. The normalized spacial score (nSPS) is 10.7. The van der Waals surface area contributed by atoms with Gasteiger partial charge in [-0.2, -0.15) is 0 Å². The molecule has 2 rings (SSSR count). The van der Waals surface area contributed by atoms with Gasteiger partial charge in [0.2, 0.25) is 0 Å². The number of aryl methyl sites for hydroxylation is 2. The molecule has 2 aromatic rings. The van der Waals surface area contributed by atoms with E-state index in [0.29, 0.717) is 5.15 Å². The van der Waals surface area contributed by atoms with Crippen LogP contribution >= 0.6 is 11.6 Å². The van der Waals surface area contributed by atoms with Crippen molar-refractivity contribution in [2.45, 2.75) is 26.2 Å². The number of halogens is 1. The third-order valence-corrected chi connectivity index (χ3v) is 2.87. The van der Waals surface area contributed by atoms with Crippen molar-refractivity contribution in [2.75, 3.05) is 11.9 Å². The van der Waals surface area contributed by atoms with Crippen LogP contribution in [0, 0.1) is 0 Å². The molecule has 0 atom stereocenters. The minimum atomic E-state index is 0.472. The Bertz CT molecular complexity index is 539. The van der Waals surface area contributed by atoms with Crippen molar-refractivity contribution < 1.29 is 0 Å². The van der Waals surface area contributed by atoms with Crippen LogP contribution in [0.4, 0.5) is 5.82 Å². The van der Waals surface area contributed by atoms with E-state index in [9.17, 15) is 0 Å². The molecule has 0 spiro atoms. The van der Waals surface area contributed by atoms with Crippen LogP contribution in [-0.2, 0) is 19.9 Å². The van der Waals surface area contributed by atoms with Crippen molar-refractivity contribution in [1.29, 1.82) is 0 Å². The Morgan fingerprint density at radius 1 is 1.32 bits per heavy atom. The number of rotatable bonds is 6. The van der Waals surface area contributed by atoms with Crippen LogP contribution in [0.3, 0.4) is 0 Å². The number of anilines is 1. The average Bonchev–Trinajstić information content (AvgIpc) is 2.75. The molecular weight excluding hydrogens is 264 g/mol.